The number of allylic oxidation sites excluding steroid dienone is 1. The summed E-state index contributed by atoms with van der Waals surface area (Å²) in [5, 5.41) is -0.189. The summed E-state index contributed by atoms with van der Waals surface area (Å²) in [6.07, 6.45) is 3.41. The van der Waals surface area contributed by atoms with Crippen LogP contribution in [0.3, 0.4) is 0 Å². The molecule has 1 aliphatic rings. The lowest BCUT2D eigenvalue weighted by atomic mass is 10.0. The molecule has 0 unspecified atom stereocenters. The highest BCUT2D eigenvalue weighted by Crippen LogP contribution is 2.48. The second-order valence-electron chi connectivity index (χ2n) is 7.34. The molecule has 1 saturated carbocycles. The molecule has 1 aromatic heterocycles. The van der Waals surface area contributed by atoms with E-state index < -0.39 is 32.2 Å². The van der Waals surface area contributed by atoms with E-state index in [0.29, 0.717) is 16.4 Å². The van der Waals surface area contributed by atoms with Crippen LogP contribution in [0.2, 0.25) is 0 Å². The molecule has 0 saturated heterocycles. The van der Waals surface area contributed by atoms with Crippen LogP contribution in [0.4, 0.5) is 18.9 Å². The fourth-order valence-electron chi connectivity index (χ4n) is 3.53. The molecular weight excluding hydrogens is 530 g/mol. The maximum absolute atomic E-state index is 15.0. The van der Waals surface area contributed by atoms with Crippen LogP contribution >= 0.6 is 22.6 Å². The van der Waals surface area contributed by atoms with Crippen molar-refractivity contribution in [3.63, 3.8) is 0 Å². The zero-order chi connectivity index (χ0) is 21.7. The van der Waals surface area contributed by atoms with Gasteiger partial charge in [0, 0.05) is 15.6 Å². The molecule has 0 aliphatic heterocycles. The molecule has 9 heteroatoms. The summed E-state index contributed by atoms with van der Waals surface area (Å²) >= 11 is 1.93. The van der Waals surface area contributed by atoms with Gasteiger partial charge in [0.15, 0.2) is 17.2 Å². The molecule has 0 radical (unpaired) electrons. The first-order valence-corrected chi connectivity index (χ1v) is 11.7. The number of fused-ring (bicyclic) bond motifs is 1. The summed E-state index contributed by atoms with van der Waals surface area (Å²) in [7, 11) is -3.96. The Morgan fingerprint density at radius 2 is 1.93 bits per heavy atom. The first-order chi connectivity index (χ1) is 14.2. The van der Waals surface area contributed by atoms with Gasteiger partial charge in [-0.2, -0.15) is 0 Å². The molecule has 3 aromatic rings. The molecule has 1 fully saturated rings. The molecule has 1 N–H and O–H groups in total. The minimum Gasteiger partial charge on any atom is -0.462 e. The van der Waals surface area contributed by atoms with Crippen molar-refractivity contribution < 1.29 is 26.0 Å². The van der Waals surface area contributed by atoms with E-state index in [1.54, 1.807) is 6.07 Å². The molecule has 0 amide bonds. The number of benzene rings is 2. The molecule has 4 nitrogen and oxygen atoms in total. The van der Waals surface area contributed by atoms with Gasteiger partial charge >= 0.3 is 0 Å². The number of halogens is 4. The van der Waals surface area contributed by atoms with E-state index in [1.165, 1.54) is 24.3 Å². The smallest absolute Gasteiger partial charge is 0.238 e. The van der Waals surface area contributed by atoms with E-state index in [4.69, 9.17) is 4.42 Å². The lowest BCUT2D eigenvalue weighted by Crippen LogP contribution is -2.30. The third kappa shape index (κ3) is 3.51. The van der Waals surface area contributed by atoms with Gasteiger partial charge in [0.1, 0.15) is 5.82 Å². The van der Waals surface area contributed by atoms with Crippen LogP contribution in [0.25, 0.3) is 11.0 Å². The molecule has 2 aromatic carbocycles. The Kier molecular flexibility index (Phi) is 5.38. The molecule has 0 spiro atoms. The van der Waals surface area contributed by atoms with E-state index in [9.17, 15) is 17.2 Å². The topological polar surface area (TPSA) is 59.3 Å². The summed E-state index contributed by atoms with van der Waals surface area (Å²) in [5.41, 5.74) is -0.546. The standard InChI is InChI=1S/C21H17F3INO3S/c1-2-6-21(7-8-21)30(27,28)26-19-15(10-12-3-4-13(25)11-16(12)22)18(24)17(23)14-5-9-29-20(14)19/h2-5,9,11,26H,1,6-8,10H2. The van der Waals surface area contributed by atoms with Crippen LogP contribution in [0.15, 0.2) is 47.6 Å². The predicted octanol–water partition coefficient (Wildman–Crippen LogP) is 5.90. The van der Waals surface area contributed by atoms with Gasteiger partial charge < -0.3 is 4.42 Å². The Bertz CT molecular complexity index is 1270. The maximum atomic E-state index is 15.0. The number of hydrogen-bond acceptors (Lipinski definition) is 3. The highest BCUT2D eigenvalue weighted by Gasteiger charge is 2.54. The first kappa shape index (κ1) is 21.2. The van der Waals surface area contributed by atoms with Crippen molar-refractivity contribution >= 4 is 49.3 Å². The van der Waals surface area contributed by atoms with Crippen molar-refractivity contribution in [3.8, 4) is 0 Å². The highest BCUT2D eigenvalue weighted by molar-refractivity contribution is 14.1. The molecule has 4 rings (SSSR count). The number of rotatable bonds is 7. The number of nitrogens with one attached hydrogen (secondary N) is 1. The van der Waals surface area contributed by atoms with Crippen molar-refractivity contribution in [1.82, 2.24) is 0 Å². The van der Waals surface area contributed by atoms with Gasteiger partial charge in [0.2, 0.25) is 10.0 Å². The van der Waals surface area contributed by atoms with Crippen LogP contribution in [0.5, 0.6) is 0 Å². The monoisotopic (exact) mass is 547 g/mol. The molecular formula is C21H17F3INO3S. The second kappa shape index (κ2) is 7.60. The second-order valence-corrected chi connectivity index (χ2v) is 10.7. The molecule has 30 heavy (non-hydrogen) atoms. The van der Waals surface area contributed by atoms with Gasteiger partial charge in [-0.1, -0.05) is 12.1 Å². The Labute approximate surface area is 185 Å². The third-order valence-electron chi connectivity index (χ3n) is 5.40. The van der Waals surface area contributed by atoms with E-state index in [2.05, 4.69) is 11.3 Å². The lowest BCUT2D eigenvalue weighted by Gasteiger charge is -2.19. The molecule has 0 atom stereocenters. The molecule has 0 bridgehead atoms. The number of hydrogen-bond donors (Lipinski definition) is 1. The van der Waals surface area contributed by atoms with E-state index in [0.717, 1.165) is 6.26 Å². The van der Waals surface area contributed by atoms with Crippen molar-refractivity contribution in [2.75, 3.05) is 4.72 Å². The zero-order valence-corrected chi connectivity index (χ0v) is 18.6. The van der Waals surface area contributed by atoms with Gasteiger partial charge in [-0.3, -0.25) is 4.72 Å². The minimum absolute atomic E-state index is 0.104. The summed E-state index contributed by atoms with van der Waals surface area (Å²) in [4.78, 5) is 0. The summed E-state index contributed by atoms with van der Waals surface area (Å²) in [6.45, 7) is 3.60. The summed E-state index contributed by atoms with van der Waals surface area (Å²) < 4.78 is 77.5. The first-order valence-electron chi connectivity index (χ1n) is 9.13. The summed E-state index contributed by atoms with van der Waals surface area (Å²) in [5.74, 6) is -3.01. The third-order valence-corrected chi connectivity index (χ3v) is 8.26. The normalized spacial score (nSPS) is 15.3. The largest absolute Gasteiger partial charge is 0.462 e. The Balaban J connectivity index is 1.87. The Hall–Kier alpha value is -2.01. The van der Waals surface area contributed by atoms with Crippen LogP contribution in [-0.2, 0) is 16.4 Å². The molecule has 1 aliphatic carbocycles. The number of anilines is 1. The number of sulfonamides is 1. The van der Waals surface area contributed by atoms with E-state index >= 15 is 4.39 Å². The predicted molar refractivity (Wildman–Crippen MR) is 117 cm³/mol. The van der Waals surface area contributed by atoms with Crippen molar-refractivity contribution in [3.05, 3.63) is 75.3 Å². The van der Waals surface area contributed by atoms with Crippen molar-refractivity contribution in [2.45, 2.75) is 30.4 Å². The fourth-order valence-corrected chi connectivity index (χ4v) is 5.66. The quantitative estimate of drug-likeness (QED) is 0.296. The van der Waals surface area contributed by atoms with E-state index in [-0.39, 0.29) is 40.6 Å². The van der Waals surface area contributed by atoms with Gasteiger partial charge in [-0.05, 0) is 65.6 Å². The van der Waals surface area contributed by atoms with Crippen LogP contribution in [-0.4, -0.2) is 13.2 Å². The van der Waals surface area contributed by atoms with Crippen molar-refractivity contribution in [2.24, 2.45) is 0 Å². The average Bonchev–Trinajstić information content (AvgIpc) is 3.32. The van der Waals surface area contributed by atoms with Gasteiger partial charge in [0.05, 0.1) is 22.1 Å². The summed E-state index contributed by atoms with van der Waals surface area (Å²) in [6, 6.07) is 5.57. The lowest BCUT2D eigenvalue weighted by molar-refractivity contribution is 0.506. The average molecular weight is 547 g/mol. The Morgan fingerprint density at radius 3 is 2.57 bits per heavy atom. The zero-order valence-electron chi connectivity index (χ0n) is 15.6. The van der Waals surface area contributed by atoms with Crippen molar-refractivity contribution in [1.29, 1.82) is 0 Å². The van der Waals surface area contributed by atoms with Gasteiger partial charge in [0.25, 0.3) is 0 Å². The molecule has 158 valence electrons. The van der Waals surface area contributed by atoms with Gasteiger partial charge in [-0.25, -0.2) is 21.6 Å². The van der Waals surface area contributed by atoms with Gasteiger partial charge in [-0.15, -0.1) is 6.58 Å². The SMILES string of the molecule is C=CCC1(S(=O)(=O)Nc2c(Cc3ccc(I)cc3F)c(F)c(F)c3ccoc23)CC1. The minimum atomic E-state index is -3.96. The number of furan rings is 1. The van der Waals surface area contributed by atoms with E-state index in [1.807, 2.05) is 22.6 Å². The Morgan fingerprint density at radius 1 is 1.20 bits per heavy atom. The van der Waals surface area contributed by atoms with Crippen LogP contribution in [0, 0.1) is 21.0 Å². The highest BCUT2D eigenvalue weighted by atomic mass is 127. The fraction of sp³-hybridized carbons (Fsp3) is 0.238. The maximum Gasteiger partial charge on any atom is 0.238 e. The molecule has 1 heterocycles. The van der Waals surface area contributed by atoms with Crippen LogP contribution < -0.4 is 4.72 Å². The van der Waals surface area contributed by atoms with Crippen LogP contribution in [0.1, 0.15) is 30.4 Å².